The maximum absolute atomic E-state index is 13.7. The van der Waals surface area contributed by atoms with Crippen molar-refractivity contribution in [3.05, 3.63) is 71.1 Å². The summed E-state index contributed by atoms with van der Waals surface area (Å²) in [6.45, 7) is 0. The van der Waals surface area contributed by atoms with Crippen molar-refractivity contribution in [2.45, 2.75) is 43.6 Å². The minimum absolute atomic E-state index is 0.0259. The number of halogens is 4. The van der Waals surface area contributed by atoms with Crippen LogP contribution in [-0.2, 0) is 6.18 Å². The predicted molar refractivity (Wildman–Crippen MR) is 117 cm³/mol. The van der Waals surface area contributed by atoms with Crippen molar-refractivity contribution >= 4 is 23.3 Å². The van der Waals surface area contributed by atoms with Crippen molar-refractivity contribution in [1.29, 1.82) is 0 Å². The third-order valence-electron chi connectivity index (χ3n) is 6.23. The molecule has 170 valence electrons. The van der Waals surface area contributed by atoms with Gasteiger partial charge in [-0.3, -0.25) is 4.79 Å². The van der Waals surface area contributed by atoms with Crippen molar-refractivity contribution < 1.29 is 18.0 Å². The van der Waals surface area contributed by atoms with E-state index in [2.05, 4.69) is 20.3 Å². The molecule has 3 atom stereocenters. The fourth-order valence-electron chi connectivity index (χ4n) is 4.79. The predicted octanol–water partition coefficient (Wildman–Crippen LogP) is 5.07. The molecule has 0 spiro atoms. The van der Waals surface area contributed by atoms with Crippen LogP contribution in [0.25, 0.3) is 11.4 Å². The molecule has 1 aromatic carbocycles. The molecule has 4 heterocycles. The first-order valence-corrected chi connectivity index (χ1v) is 10.9. The number of carbonyl (C=O) groups is 1. The van der Waals surface area contributed by atoms with E-state index < -0.39 is 11.7 Å². The highest BCUT2D eigenvalue weighted by molar-refractivity contribution is 6.34. The number of hydrogen-bond acceptors (Lipinski definition) is 5. The SMILES string of the molecule is O=C(c1cccc(Cl)c1-c1ncccn1)N1[C@@H]2CC[C@H]1[C@H](Nc1ccc(C(F)(F)F)cn1)C2. The Morgan fingerprint density at radius 3 is 2.55 bits per heavy atom. The Morgan fingerprint density at radius 1 is 1.06 bits per heavy atom. The summed E-state index contributed by atoms with van der Waals surface area (Å²) < 4.78 is 38.4. The molecule has 2 aliphatic heterocycles. The van der Waals surface area contributed by atoms with Gasteiger partial charge in [0.25, 0.3) is 5.91 Å². The van der Waals surface area contributed by atoms with Crippen molar-refractivity contribution in [2.75, 3.05) is 5.32 Å². The van der Waals surface area contributed by atoms with E-state index >= 15 is 0 Å². The summed E-state index contributed by atoms with van der Waals surface area (Å²) in [6.07, 6.45) is 1.93. The van der Waals surface area contributed by atoms with E-state index in [0.29, 0.717) is 34.2 Å². The Bertz CT molecular complexity index is 1170. The van der Waals surface area contributed by atoms with Crippen LogP contribution in [-0.4, -0.2) is 43.9 Å². The molecule has 2 bridgehead atoms. The lowest BCUT2D eigenvalue weighted by molar-refractivity contribution is -0.137. The first-order valence-electron chi connectivity index (χ1n) is 10.5. The van der Waals surface area contributed by atoms with Gasteiger partial charge in [-0.25, -0.2) is 15.0 Å². The molecule has 2 aliphatic rings. The van der Waals surface area contributed by atoms with Crippen LogP contribution in [0.4, 0.5) is 19.0 Å². The van der Waals surface area contributed by atoms with Crippen LogP contribution in [0, 0.1) is 0 Å². The zero-order chi connectivity index (χ0) is 23.2. The van der Waals surface area contributed by atoms with Crippen LogP contribution in [0.5, 0.6) is 0 Å². The summed E-state index contributed by atoms with van der Waals surface area (Å²) in [7, 11) is 0. The van der Waals surface area contributed by atoms with Crippen LogP contribution in [0.3, 0.4) is 0 Å². The molecule has 6 nitrogen and oxygen atoms in total. The van der Waals surface area contributed by atoms with E-state index in [1.54, 1.807) is 36.7 Å². The van der Waals surface area contributed by atoms with Gasteiger partial charge < -0.3 is 10.2 Å². The molecule has 2 saturated heterocycles. The number of nitrogens with one attached hydrogen (secondary N) is 1. The number of alkyl halides is 3. The molecule has 0 radical (unpaired) electrons. The first-order chi connectivity index (χ1) is 15.8. The normalized spacial score (nSPS) is 21.9. The van der Waals surface area contributed by atoms with Gasteiger partial charge >= 0.3 is 6.18 Å². The second-order valence-electron chi connectivity index (χ2n) is 8.16. The Balaban J connectivity index is 1.39. The quantitative estimate of drug-likeness (QED) is 0.573. The third kappa shape index (κ3) is 4.01. The average Bonchev–Trinajstić information content (AvgIpc) is 3.36. The average molecular weight is 474 g/mol. The number of aromatic nitrogens is 3. The smallest absolute Gasteiger partial charge is 0.365 e. The fraction of sp³-hybridized carbons (Fsp3) is 0.304. The van der Waals surface area contributed by atoms with Gasteiger partial charge in [0.15, 0.2) is 5.82 Å². The Kier molecular flexibility index (Phi) is 5.44. The fourth-order valence-corrected chi connectivity index (χ4v) is 5.05. The second kappa shape index (κ2) is 8.30. The van der Waals surface area contributed by atoms with Gasteiger partial charge in [0.2, 0.25) is 0 Å². The van der Waals surface area contributed by atoms with E-state index in [4.69, 9.17) is 11.6 Å². The molecule has 0 unspecified atom stereocenters. The molecule has 0 aliphatic carbocycles. The van der Waals surface area contributed by atoms with Crippen LogP contribution in [0.15, 0.2) is 55.0 Å². The Hall–Kier alpha value is -3.20. The van der Waals surface area contributed by atoms with E-state index in [1.165, 1.54) is 6.07 Å². The number of anilines is 1. The highest BCUT2D eigenvalue weighted by Gasteiger charge is 2.49. The summed E-state index contributed by atoms with van der Waals surface area (Å²) >= 11 is 6.43. The molecular formula is C23H19ClF3N5O. The third-order valence-corrected chi connectivity index (χ3v) is 6.54. The van der Waals surface area contributed by atoms with Gasteiger partial charge in [-0.15, -0.1) is 0 Å². The molecule has 2 fully saturated rings. The molecule has 5 rings (SSSR count). The molecule has 3 aromatic rings. The molecule has 0 saturated carbocycles. The van der Waals surface area contributed by atoms with Gasteiger partial charge in [0.05, 0.1) is 27.8 Å². The number of carbonyl (C=O) groups excluding carboxylic acids is 1. The molecule has 1 amide bonds. The monoisotopic (exact) mass is 473 g/mol. The Morgan fingerprint density at radius 2 is 1.85 bits per heavy atom. The molecule has 2 aromatic heterocycles. The zero-order valence-electron chi connectivity index (χ0n) is 17.3. The van der Waals surface area contributed by atoms with Gasteiger partial charge in [-0.1, -0.05) is 17.7 Å². The standard InChI is InChI=1S/C23H19ClF3N5O/c24-16-4-1-3-15(20(16)21-28-9-2-10-29-21)22(33)32-14-6-7-18(32)17(11-14)31-19-8-5-13(12-30-19)23(25,26)27/h1-5,8-10,12,14,17-18H,6-7,11H2,(H,30,31)/t14-,17-,18+/m1/s1. The van der Waals surface area contributed by atoms with Gasteiger partial charge in [0.1, 0.15) is 5.82 Å². The first kappa shape index (κ1) is 21.6. The maximum Gasteiger partial charge on any atom is 0.417 e. The number of hydrogen-bond donors (Lipinski definition) is 1. The van der Waals surface area contributed by atoms with Crippen LogP contribution >= 0.6 is 11.6 Å². The molecular weight excluding hydrogens is 455 g/mol. The van der Waals surface area contributed by atoms with Crippen LogP contribution in [0.2, 0.25) is 5.02 Å². The summed E-state index contributed by atoms with van der Waals surface area (Å²) in [5.74, 6) is 0.577. The number of nitrogens with zero attached hydrogens (tertiary/aromatic N) is 4. The highest BCUT2D eigenvalue weighted by atomic mass is 35.5. The van der Waals surface area contributed by atoms with Gasteiger partial charge in [0, 0.05) is 30.7 Å². The second-order valence-corrected chi connectivity index (χ2v) is 8.57. The van der Waals surface area contributed by atoms with Crippen LogP contribution < -0.4 is 5.32 Å². The largest absolute Gasteiger partial charge is 0.417 e. The summed E-state index contributed by atoms with van der Waals surface area (Å²) in [5.41, 5.74) is 0.123. The van der Waals surface area contributed by atoms with E-state index in [0.717, 1.165) is 25.1 Å². The topological polar surface area (TPSA) is 71.0 Å². The summed E-state index contributed by atoms with van der Waals surface area (Å²) in [4.78, 5) is 28.0. The Labute approximate surface area is 192 Å². The number of benzene rings is 1. The van der Waals surface area contributed by atoms with Crippen molar-refractivity contribution in [2.24, 2.45) is 0 Å². The van der Waals surface area contributed by atoms with Crippen molar-refractivity contribution in [3.8, 4) is 11.4 Å². The van der Waals surface area contributed by atoms with Gasteiger partial charge in [-0.2, -0.15) is 13.2 Å². The minimum Gasteiger partial charge on any atom is -0.365 e. The zero-order valence-corrected chi connectivity index (χ0v) is 18.0. The van der Waals surface area contributed by atoms with E-state index in [-0.39, 0.29) is 24.0 Å². The number of amides is 1. The van der Waals surface area contributed by atoms with Gasteiger partial charge in [-0.05, 0) is 49.6 Å². The molecule has 33 heavy (non-hydrogen) atoms. The van der Waals surface area contributed by atoms with Crippen molar-refractivity contribution in [1.82, 2.24) is 19.9 Å². The number of pyridine rings is 1. The molecule has 1 N–H and O–H groups in total. The van der Waals surface area contributed by atoms with E-state index in [1.807, 2.05) is 4.90 Å². The minimum atomic E-state index is -4.43. The highest BCUT2D eigenvalue weighted by Crippen LogP contribution is 2.41. The number of rotatable bonds is 4. The lowest BCUT2D eigenvalue weighted by Gasteiger charge is -2.26. The lowest BCUT2D eigenvalue weighted by atomic mass is 9.95. The molecule has 10 heteroatoms. The lowest BCUT2D eigenvalue weighted by Crippen LogP contribution is -2.40. The van der Waals surface area contributed by atoms with E-state index in [9.17, 15) is 18.0 Å². The van der Waals surface area contributed by atoms with Crippen molar-refractivity contribution in [3.63, 3.8) is 0 Å². The maximum atomic E-state index is 13.7. The van der Waals surface area contributed by atoms with Crippen LogP contribution in [0.1, 0.15) is 35.2 Å². The number of fused-ring (bicyclic) bond motifs is 2. The summed E-state index contributed by atoms with van der Waals surface area (Å²) in [5, 5.41) is 3.61. The summed E-state index contributed by atoms with van der Waals surface area (Å²) in [6, 6.07) is 8.98.